The fraction of sp³-hybridized carbons (Fsp3) is 0.400. The van der Waals surface area contributed by atoms with Crippen LogP contribution in [-0.4, -0.2) is 43.3 Å². The van der Waals surface area contributed by atoms with E-state index in [9.17, 15) is 23.1 Å². The highest BCUT2D eigenvalue weighted by molar-refractivity contribution is 7.92. The molecule has 5 rings (SSSR count). The van der Waals surface area contributed by atoms with E-state index in [4.69, 9.17) is 0 Å². The van der Waals surface area contributed by atoms with E-state index in [2.05, 4.69) is 15.0 Å². The van der Waals surface area contributed by atoms with Crippen molar-refractivity contribution in [1.29, 1.82) is 0 Å². The van der Waals surface area contributed by atoms with Gasteiger partial charge in [0, 0.05) is 17.0 Å². The molecule has 1 aliphatic carbocycles. The molecule has 3 N–H and O–H groups in total. The molecule has 1 fully saturated rings. The molecule has 3 atom stereocenters. The number of rotatable bonds is 13. The van der Waals surface area contributed by atoms with Crippen molar-refractivity contribution in [3.05, 3.63) is 89.5 Å². The molecule has 1 unspecified atom stereocenters. The van der Waals surface area contributed by atoms with Crippen LogP contribution >= 0.6 is 0 Å². The average molecular weight is 631 g/mol. The second-order valence-corrected chi connectivity index (χ2v) is 13.9. The zero-order valence-electron chi connectivity index (χ0n) is 26.1. The van der Waals surface area contributed by atoms with E-state index in [0.717, 1.165) is 36.8 Å². The Labute approximate surface area is 265 Å². The number of aliphatic imine (C=N–C) groups is 1. The number of benzene rings is 3. The van der Waals surface area contributed by atoms with Gasteiger partial charge in [-0.3, -0.25) is 19.3 Å². The van der Waals surface area contributed by atoms with Crippen molar-refractivity contribution in [2.75, 3.05) is 9.62 Å². The summed E-state index contributed by atoms with van der Waals surface area (Å²) in [6, 6.07) is 20.9. The van der Waals surface area contributed by atoms with Gasteiger partial charge in [0.25, 0.3) is 15.9 Å². The van der Waals surface area contributed by atoms with Gasteiger partial charge in [0.15, 0.2) is 0 Å². The summed E-state index contributed by atoms with van der Waals surface area (Å²) in [4.78, 5) is 34.2. The van der Waals surface area contributed by atoms with Crippen LogP contribution in [0, 0.1) is 18.8 Å². The molecule has 1 aliphatic heterocycles. The summed E-state index contributed by atoms with van der Waals surface area (Å²) in [6.07, 6.45) is 3.00. The number of unbranched alkanes of at least 4 members (excludes halogenated alkanes) is 1. The molecule has 1 saturated carbocycles. The molecule has 3 aromatic carbocycles. The molecule has 0 saturated heterocycles. The largest absolute Gasteiger partial charge is 0.392 e. The minimum Gasteiger partial charge on any atom is -0.392 e. The lowest BCUT2D eigenvalue weighted by atomic mass is 9.91. The molecule has 3 aromatic rings. The minimum atomic E-state index is -3.82. The van der Waals surface area contributed by atoms with E-state index in [1.165, 1.54) is 0 Å². The van der Waals surface area contributed by atoms with Crippen LogP contribution in [0.1, 0.15) is 69.1 Å². The Morgan fingerprint density at radius 2 is 1.78 bits per heavy atom. The number of anilines is 2. The summed E-state index contributed by atoms with van der Waals surface area (Å²) in [5.41, 5.74) is 4.02. The molecule has 0 radical (unpaired) electrons. The lowest BCUT2D eigenvalue weighted by molar-refractivity contribution is -0.133. The summed E-state index contributed by atoms with van der Waals surface area (Å²) < 4.78 is 28.7. The van der Waals surface area contributed by atoms with Gasteiger partial charge in [-0.1, -0.05) is 80.6 Å². The molecule has 1 heterocycles. The van der Waals surface area contributed by atoms with Gasteiger partial charge in [0.05, 0.1) is 29.1 Å². The lowest BCUT2D eigenvalue weighted by Gasteiger charge is -2.28. The quantitative estimate of drug-likeness (QED) is 0.228. The SMILES string of the molecule is CCCC[C@H](O)[C@@H](CC1CC1)C(=O)NC1N=C(C)c2ccccc2N(Cc2cccc(NS(=O)(=O)c3ccc(C)cc3)c2)C1=O. The van der Waals surface area contributed by atoms with Gasteiger partial charge in [-0.05, 0) is 68.5 Å². The first-order chi connectivity index (χ1) is 21.6. The van der Waals surface area contributed by atoms with Crippen LogP contribution in [0.2, 0.25) is 0 Å². The molecule has 2 aliphatic rings. The number of benzodiazepines with no additional fused rings is 1. The van der Waals surface area contributed by atoms with Crippen LogP contribution < -0.4 is 14.9 Å². The third-order valence-electron chi connectivity index (χ3n) is 8.48. The third kappa shape index (κ3) is 7.99. The second-order valence-electron chi connectivity index (χ2n) is 12.2. The lowest BCUT2D eigenvalue weighted by Crippen LogP contribution is -2.50. The van der Waals surface area contributed by atoms with Crippen molar-refractivity contribution < 1.29 is 23.1 Å². The van der Waals surface area contributed by atoms with Crippen LogP contribution in [0.15, 0.2) is 82.7 Å². The topological polar surface area (TPSA) is 128 Å². The highest BCUT2D eigenvalue weighted by atomic mass is 32.2. The summed E-state index contributed by atoms with van der Waals surface area (Å²) >= 11 is 0. The van der Waals surface area contributed by atoms with Crippen LogP contribution in [0.4, 0.5) is 11.4 Å². The molecular formula is C35H42N4O5S. The molecule has 0 bridgehead atoms. The van der Waals surface area contributed by atoms with Gasteiger partial charge in [0.2, 0.25) is 12.1 Å². The first-order valence-electron chi connectivity index (χ1n) is 15.7. The minimum absolute atomic E-state index is 0.121. The van der Waals surface area contributed by atoms with Crippen molar-refractivity contribution in [1.82, 2.24) is 5.32 Å². The fourth-order valence-electron chi connectivity index (χ4n) is 5.71. The van der Waals surface area contributed by atoms with Crippen molar-refractivity contribution in [2.45, 2.75) is 83.0 Å². The Morgan fingerprint density at radius 3 is 2.49 bits per heavy atom. The molecule has 238 valence electrons. The van der Waals surface area contributed by atoms with Gasteiger partial charge < -0.3 is 15.3 Å². The van der Waals surface area contributed by atoms with E-state index in [1.807, 2.05) is 51.1 Å². The molecule has 2 amide bonds. The number of hydrogen-bond donors (Lipinski definition) is 3. The Balaban J connectivity index is 1.39. The maximum absolute atomic E-state index is 14.1. The maximum atomic E-state index is 14.1. The first-order valence-corrected chi connectivity index (χ1v) is 17.2. The third-order valence-corrected chi connectivity index (χ3v) is 9.87. The maximum Gasteiger partial charge on any atom is 0.272 e. The zero-order valence-corrected chi connectivity index (χ0v) is 26.9. The van der Waals surface area contributed by atoms with Gasteiger partial charge in [-0.2, -0.15) is 0 Å². The summed E-state index contributed by atoms with van der Waals surface area (Å²) in [5, 5.41) is 13.8. The van der Waals surface area contributed by atoms with Gasteiger partial charge in [-0.15, -0.1) is 0 Å². The molecule has 45 heavy (non-hydrogen) atoms. The summed E-state index contributed by atoms with van der Waals surface area (Å²) in [5.74, 6) is -0.960. The number of fused-ring (bicyclic) bond motifs is 1. The van der Waals surface area contributed by atoms with Crippen molar-refractivity contribution in [3.8, 4) is 0 Å². The number of para-hydroxylation sites is 1. The zero-order chi connectivity index (χ0) is 32.1. The van der Waals surface area contributed by atoms with Gasteiger partial charge in [-0.25, -0.2) is 8.42 Å². The van der Waals surface area contributed by atoms with Crippen LogP contribution in [0.5, 0.6) is 0 Å². The van der Waals surface area contributed by atoms with Crippen LogP contribution in [0.25, 0.3) is 0 Å². The number of aryl methyl sites for hydroxylation is 1. The summed E-state index contributed by atoms with van der Waals surface area (Å²) in [7, 11) is -3.82. The number of hydrogen-bond acceptors (Lipinski definition) is 6. The number of aliphatic hydroxyl groups is 1. The molecule has 0 spiro atoms. The first kappa shape index (κ1) is 32.4. The van der Waals surface area contributed by atoms with E-state index >= 15 is 0 Å². The highest BCUT2D eigenvalue weighted by Crippen LogP contribution is 2.37. The fourth-order valence-corrected chi connectivity index (χ4v) is 6.76. The number of aliphatic hydroxyl groups excluding tert-OH is 1. The summed E-state index contributed by atoms with van der Waals surface area (Å²) in [6.45, 7) is 5.87. The van der Waals surface area contributed by atoms with Crippen molar-refractivity contribution in [3.63, 3.8) is 0 Å². The molecular weight excluding hydrogens is 588 g/mol. The predicted molar refractivity (Wildman–Crippen MR) is 177 cm³/mol. The molecule has 0 aromatic heterocycles. The normalized spacial score (nSPS) is 18.0. The number of sulfonamides is 1. The van der Waals surface area contributed by atoms with E-state index in [-0.39, 0.29) is 17.3 Å². The Bertz CT molecular complexity index is 1670. The average Bonchev–Trinajstić information content (AvgIpc) is 3.85. The van der Waals surface area contributed by atoms with E-state index in [0.29, 0.717) is 41.4 Å². The van der Waals surface area contributed by atoms with Crippen LogP contribution in [0.3, 0.4) is 0 Å². The highest BCUT2D eigenvalue weighted by Gasteiger charge is 2.37. The smallest absolute Gasteiger partial charge is 0.272 e. The number of nitrogens with zero attached hydrogens (tertiary/aromatic N) is 2. The molecule has 9 nitrogen and oxygen atoms in total. The van der Waals surface area contributed by atoms with Gasteiger partial charge >= 0.3 is 0 Å². The molecule has 10 heteroatoms. The van der Waals surface area contributed by atoms with Crippen molar-refractivity contribution in [2.24, 2.45) is 16.8 Å². The standard InChI is InChI=1S/C35H42N4O5S/c1-4-5-13-32(40)30(21-25-16-17-25)34(41)37-33-35(42)39(31-12-7-6-11-29(31)24(3)36-33)22-26-9-8-10-27(20-26)38-45(43,44)28-18-14-23(2)15-19-28/h6-12,14-15,18-20,25,30,32-33,38,40H,4-5,13,16-17,21-22H2,1-3H3,(H,37,41)/t30-,32+,33?/m1/s1. The number of carbonyl (C=O) groups excluding carboxylic acids is 2. The Hall–Kier alpha value is -4.02. The monoisotopic (exact) mass is 630 g/mol. The van der Waals surface area contributed by atoms with E-state index < -0.39 is 34.1 Å². The number of nitrogens with one attached hydrogen (secondary N) is 2. The number of carbonyl (C=O) groups is 2. The Kier molecular flexibility index (Phi) is 10.0. The second kappa shape index (κ2) is 14.0. The van der Waals surface area contributed by atoms with Crippen LogP contribution in [-0.2, 0) is 26.2 Å². The van der Waals surface area contributed by atoms with E-state index in [1.54, 1.807) is 47.4 Å². The number of amides is 2. The van der Waals surface area contributed by atoms with Crippen molar-refractivity contribution >= 4 is 38.9 Å². The van der Waals surface area contributed by atoms with Gasteiger partial charge in [0.1, 0.15) is 0 Å². The predicted octanol–water partition coefficient (Wildman–Crippen LogP) is 5.56. The Morgan fingerprint density at radius 1 is 1.04 bits per heavy atom.